The van der Waals surface area contributed by atoms with Crippen LogP contribution in [0.2, 0.25) is 0 Å². The van der Waals surface area contributed by atoms with Crippen LogP contribution >= 0.6 is 0 Å². The van der Waals surface area contributed by atoms with E-state index in [0.717, 1.165) is 0 Å². The largest absolute Gasteiger partial charge is 0.461 e. The van der Waals surface area contributed by atoms with Gasteiger partial charge in [0.25, 0.3) is 5.69 Å². The molecule has 0 spiro atoms. The van der Waals surface area contributed by atoms with E-state index < -0.39 is 10.9 Å². The number of hydrogen-bond acceptors (Lipinski definition) is 4. The van der Waals surface area contributed by atoms with Gasteiger partial charge in [0.15, 0.2) is 0 Å². The van der Waals surface area contributed by atoms with Gasteiger partial charge in [-0.3, -0.25) is 10.1 Å². The van der Waals surface area contributed by atoms with Crippen molar-refractivity contribution in [2.24, 2.45) is 0 Å². The molecule has 0 radical (unpaired) electrons. The highest BCUT2D eigenvalue weighted by atomic mass is 16.6. The molecule has 6 heteroatoms. The van der Waals surface area contributed by atoms with E-state index in [1.165, 1.54) is 10.5 Å². The summed E-state index contributed by atoms with van der Waals surface area (Å²) in [5, 5.41) is 10.8. The van der Waals surface area contributed by atoms with Crippen molar-refractivity contribution in [3.63, 3.8) is 0 Å². The van der Waals surface area contributed by atoms with Gasteiger partial charge in [0, 0.05) is 12.3 Å². The normalized spacial score (nSPS) is 10.4. The average molecular weight is 234 g/mol. The Morgan fingerprint density at radius 1 is 1.53 bits per heavy atom. The molecule has 6 nitrogen and oxygen atoms in total. The molecule has 0 saturated heterocycles. The highest BCUT2D eigenvalue weighted by molar-refractivity contribution is 5.92. The van der Waals surface area contributed by atoms with Crippen molar-refractivity contribution >= 4 is 17.2 Å². The Labute approximate surface area is 96.6 Å². The van der Waals surface area contributed by atoms with Gasteiger partial charge < -0.3 is 9.14 Å². The number of pyridine rings is 1. The molecular formula is C11H10N2O4. The second-order valence-electron chi connectivity index (χ2n) is 3.35. The van der Waals surface area contributed by atoms with Gasteiger partial charge in [-0.15, -0.1) is 0 Å². The first-order chi connectivity index (χ1) is 8.15. The number of hydrogen-bond donors (Lipinski definition) is 0. The molecule has 0 fully saturated rings. The number of nitrogens with zero attached hydrogens (tertiary/aromatic N) is 2. The highest BCUT2D eigenvalue weighted by Gasteiger charge is 2.22. The summed E-state index contributed by atoms with van der Waals surface area (Å²) in [6.07, 6.45) is 1.59. The predicted octanol–water partition coefficient (Wildman–Crippen LogP) is 2.02. The fourth-order valence-electron chi connectivity index (χ4n) is 1.64. The van der Waals surface area contributed by atoms with Gasteiger partial charge in [0.05, 0.1) is 11.5 Å². The Morgan fingerprint density at radius 3 is 2.94 bits per heavy atom. The molecule has 0 unspecified atom stereocenters. The molecule has 0 N–H and O–H groups in total. The van der Waals surface area contributed by atoms with Gasteiger partial charge in [0.1, 0.15) is 11.2 Å². The van der Waals surface area contributed by atoms with Crippen LogP contribution in [0.15, 0.2) is 30.5 Å². The molecule has 2 heterocycles. The van der Waals surface area contributed by atoms with Crippen LogP contribution in [0.25, 0.3) is 5.52 Å². The zero-order valence-electron chi connectivity index (χ0n) is 9.12. The van der Waals surface area contributed by atoms with Crippen LogP contribution in [-0.2, 0) is 4.74 Å². The number of rotatable bonds is 3. The zero-order valence-corrected chi connectivity index (χ0v) is 9.12. The molecule has 2 aromatic rings. The third kappa shape index (κ3) is 1.84. The van der Waals surface area contributed by atoms with Gasteiger partial charge in [-0.1, -0.05) is 6.07 Å². The minimum Gasteiger partial charge on any atom is -0.461 e. The van der Waals surface area contributed by atoms with E-state index in [0.29, 0.717) is 5.52 Å². The summed E-state index contributed by atoms with van der Waals surface area (Å²) in [5.41, 5.74) is 0.434. The van der Waals surface area contributed by atoms with Gasteiger partial charge in [-0.2, -0.15) is 0 Å². The Hall–Kier alpha value is -2.37. The minimum atomic E-state index is -0.568. The van der Waals surface area contributed by atoms with E-state index in [4.69, 9.17) is 4.74 Å². The van der Waals surface area contributed by atoms with E-state index in [9.17, 15) is 14.9 Å². The van der Waals surface area contributed by atoms with Crippen molar-refractivity contribution in [3.8, 4) is 0 Å². The predicted molar refractivity (Wildman–Crippen MR) is 60.0 cm³/mol. The van der Waals surface area contributed by atoms with E-state index >= 15 is 0 Å². The highest BCUT2D eigenvalue weighted by Crippen LogP contribution is 2.24. The lowest BCUT2D eigenvalue weighted by Gasteiger charge is -2.00. The standard InChI is InChI=1S/C11H10N2O4/c1-2-17-11(14)10-7-9(13(15)16)8-5-3-4-6-12(8)10/h3-7H,2H2,1H3. The molecule has 0 aliphatic carbocycles. The molecule has 0 saturated carbocycles. The van der Waals surface area contributed by atoms with Crippen LogP contribution in [0.1, 0.15) is 17.4 Å². The third-order valence-electron chi connectivity index (χ3n) is 2.34. The van der Waals surface area contributed by atoms with Crippen LogP contribution in [0.4, 0.5) is 5.69 Å². The number of carbonyl (C=O) groups is 1. The Bertz CT molecular complexity index is 588. The van der Waals surface area contributed by atoms with Gasteiger partial charge >= 0.3 is 5.97 Å². The number of nitro groups is 1. The molecule has 0 aromatic carbocycles. The molecule has 17 heavy (non-hydrogen) atoms. The fourth-order valence-corrected chi connectivity index (χ4v) is 1.64. The number of fused-ring (bicyclic) bond motifs is 1. The quantitative estimate of drug-likeness (QED) is 0.462. The molecule has 2 rings (SSSR count). The van der Waals surface area contributed by atoms with E-state index in [1.54, 1.807) is 31.3 Å². The van der Waals surface area contributed by atoms with E-state index in [2.05, 4.69) is 0 Å². The zero-order chi connectivity index (χ0) is 12.4. The maximum absolute atomic E-state index is 11.6. The van der Waals surface area contributed by atoms with Gasteiger partial charge in [-0.25, -0.2) is 4.79 Å². The van der Waals surface area contributed by atoms with Crippen molar-refractivity contribution < 1.29 is 14.5 Å². The molecule has 2 aromatic heterocycles. The summed E-state index contributed by atoms with van der Waals surface area (Å²) >= 11 is 0. The maximum atomic E-state index is 11.6. The fraction of sp³-hybridized carbons (Fsp3) is 0.182. The van der Waals surface area contributed by atoms with Crippen LogP contribution < -0.4 is 0 Å². The lowest BCUT2D eigenvalue weighted by molar-refractivity contribution is -0.383. The Morgan fingerprint density at radius 2 is 2.29 bits per heavy atom. The second-order valence-corrected chi connectivity index (χ2v) is 3.35. The van der Waals surface area contributed by atoms with Crippen LogP contribution in [0, 0.1) is 10.1 Å². The molecule has 0 atom stereocenters. The van der Waals surface area contributed by atoms with E-state index in [1.807, 2.05) is 0 Å². The van der Waals surface area contributed by atoms with E-state index in [-0.39, 0.29) is 18.0 Å². The first-order valence-corrected chi connectivity index (χ1v) is 5.06. The Kier molecular flexibility index (Phi) is 2.78. The number of esters is 1. The molecular weight excluding hydrogens is 224 g/mol. The van der Waals surface area contributed by atoms with Crippen molar-refractivity contribution in [3.05, 3.63) is 46.3 Å². The number of aromatic nitrogens is 1. The number of carbonyl (C=O) groups excluding carboxylic acids is 1. The summed E-state index contributed by atoms with van der Waals surface area (Å²) in [7, 11) is 0. The smallest absolute Gasteiger partial charge is 0.355 e. The van der Waals surface area contributed by atoms with Crippen molar-refractivity contribution in [1.82, 2.24) is 4.40 Å². The van der Waals surface area contributed by atoms with Crippen LogP contribution in [0.3, 0.4) is 0 Å². The summed E-state index contributed by atoms with van der Waals surface area (Å²) in [5.74, 6) is -0.568. The lowest BCUT2D eigenvalue weighted by atomic mass is 10.4. The lowest BCUT2D eigenvalue weighted by Crippen LogP contribution is -2.07. The molecule has 0 aliphatic rings. The first-order valence-electron chi connectivity index (χ1n) is 5.06. The van der Waals surface area contributed by atoms with Gasteiger partial charge in [-0.05, 0) is 19.1 Å². The minimum absolute atomic E-state index is 0.103. The molecule has 0 aliphatic heterocycles. The maximum Gasteiger partial charge on any atom is 0.355 e. The van der Waals surface area contributed by atoms with Crippen molar-refractivity contribution in [2.75, 3.05) is 6.61 Å². The third-order valence-corrected chi connectivity index (χ3v) is 2.34. The monoisotopic (exact) mass is 234 g/mol. The van der Waals surface area contributed by atoms with Crippen molar-refractivity contribution in [2.45, 2.75) is 6.92 Å². The van der Waals surface area contributed by atoms with Crippen LogP contribution in [0.5, 0.6) is 0 Å². The molecule has 88 valence electrons. The molecule has 0 amide bonds. The molecule has 0 bridgehead atoms. The van der Waals surface area contributed by atoms with Crippen molar-refractivity contribution in [1.29, 1.82) is 0 Å². The number of ether oxygens (including phenoxy) is 1. The first kappa shape index (κ1) is 11.1. The summed E-state index contributed by atoms with van der Waals surface area (Å²) < 4.78 is 6.30. The average Bonchev–Trinajstić information content (AvgIpc) is 2.69. The SMILES string of the molecule is CCOC(=O)c1cc([N+](=O)[O-])c2ccccn12. The summed E-state index contributed by atoms with van der Waals surface area (Å²) in [4.78, 5) is 22.0. The summed E-state index contributed by atoms with van der Waals surface area (Å²) in [6, 6.07) is 6.19. The topological polar surface area (TPSA) is 73.8 Å². The Balaban J connectivity index is 2.64. The summed E-state index contributed by atoms with van der Waals surface area (Å²) in [6.45, 7) is 1.91. The second kappa shape index (κ2) is 4.25. The van der Waals surface area contributed by atoms with Crippen LogP contribution in [-0.4, -0.2) is 21.9 Å². The van der Waals surface area contributed by atoms with Gasteiger partial charge in [0.2, 0.25) is 0 Å².